The highest BCUT2D eigenvalue weighted by atomic mass is 16.5. The summed E-state index contributed by atoms with van der Waals surface area (Å²) in [6.07, 6.45) is 6.15. The first-order valence-electron chi connectivity index (χ1n) is 7.75. The molecule has 4 nitrogen and oxygen atoms in total. The van der Waals surface area contributed by atoms with Gasteiger partial charge in [0.05, 0.1) is 19.3 Å². The Morgan fingerprint density at radius 3 is 2.76 bits per heavy atom. The second kappa shape index (κ2) is 8.03. The molecule has 1 aliphatic carbocycles. The highest BCUT2D eigenvalue weighted by molar-refractivity contribution is 5.90. The molecule has 0 saturated heterocycles. The summed E-state index contributed by atoms with van der Waals surface area (Å²) in [5, 5.41) is 9.06. The van der Waals surface area contributed by atoms with Crippen LogP contribution in [0.1, 0.15) is 49.4 Å². The zero-order valence-corrected chi connectivity index (χ0v) is 12.6. The molecule has 1 saturated carbocycles. The van der Waals surface area contributed by atoms with E-state index in [-0.39, 0.29) is 5.56 Å². The van der Waals surface area contributed by atoms with Crippen molar-refractivity contribution in [3.63, 3.8) is 0 Å². The topological polar surface area (TPSA) is 55.8 Å². The number of hydrogen-bond acceptors (Lipinski definition) is 3. The van der Waals surface area contributed by atoms with Crippen LogP contribution in [0.2, 0.25) is 0 Å². The van der Waals surface area contributed by atoms with Crippen molar-refractivity contribution >= 4 is 5.97 Å². The maximum atomic E-state index is 11.0. The first-order chi connectivity index (χ1) is 10.2. The van der Waals surface area contributed by atoms with Gasteiger partial charge in [0.1, 0.15) is 11.3 Å². The molecule has 4 heteroatoms. The van der Waals surface area contributed by atoms with E-state index >= 15 is 0 Å². The Bertz CT molecular complexity index is 458. The summed E-state index contributed by atoms with van der Waals surface area (Å²) in [5.74, 6) is 0.112. The van der Waals surface area contributed by atoms with Gasteiger partial charge in [-0.1, -0.05) is 31.9 Å². The molecule has 0 heterocycles. The van der Waals surface area contributed by atoms with Crippen LogP contribution in [0.4, 0.5) is 0 Å². The molecule has 1 N–H and O–H groups in total. The lowest BCUT2D eigenvalue weighted by atomic mass is 9.88. The largest absolute Gasteiger partial charge is 0.493 e. The Kier molecular flexibility index (Phi) is 6.05. The van der Waals surface area contributed by atoms with Gasteiger partial charge < -0.3 is 14.6 Å². The summed E-state index contributed by atoms with van der Waals surface area (Å²) in [4.78, 5) is 11.0. The summed E-state index contributed by atoms with van der Waals surface area (Å²) < 4.78 is 11.5. The zero-order valence-electron chi connectivity index (χ0n) is 12.6. The van der Waals surface area contributed by atoms with Gasteiger partial charge in [0.15, 0.2) is 0 Å². The van der Waals surface area contributed by atoms with Crippen LogP contribution < -0.4 is 4.74 Å². The molecular formula is C17H24O4. The lowest BCUT2D eigenvalue weighted by Crippen LogP contribution is -2.26. The molecule has 0 aliphatic heterocycles. The van der Waals surface area contributed by atoms with Gasteiger partial charge in [-0.25, -0.2) is 4.79 Å². The molecule has 0 radical (unpaired) electrons. The highest BCUT2D eigenvalue weighted by Crippen LogP contribution is 2.26. The molecule has 0 spiro atoms. The minimum atomic E-state index is -0.960. The number of hydrogen-bond donors (Lipinski definition) is 1. The second-order valence-corrected chi connectivity index (χ2v) is 5.67. The molecule has 1 aromatic rings. The fourth-order valence-corrected chi connectivity index (χ4v) is 2.77. The normalized spacial score (nSPS) is 22.0. The molecule has 2 atom stereocenters. The minimum absolute atomic E-state index is 0.208. The van der Waals surface area contributed by atoms with E-state index < -0.39 is 5.97 Å². The van der Waals surface area contributed by atoms with Gasteiger partial charge >= 0.3 is 5.97 Å². The molecule has 0 amide bonds. The Labute approximate surface area is 126 Å². The van der Waals surface area contributed by atoms with Crippen LogP contribution >= 0.6 is 0 Å². The van der Waals surface area contributed by atoms with Gasteiger partial charge in [-0.15, -0.1) is 0 Å². The van der Waals surface area contributed by atoms with Crippen molar-refractivity contribution in [1.29, 1.82) is 0 Å². The molecule has 1 aromatic carbocycles. The second-order valence-electron chi connectivity index (χ2n) is 5.67. The number of benzene rings is 1. The first kappa shape index (κ1) is 15.8. The van der Waals surface area contributed by atoms with Gasteiger partial charge in [0.25, 0.3) is 0 Å². The van der Waals surface area contributed by atoms with Crippen LogP contribution in [-0.2, 0) is 4.74 Å². The molecule has 2 rings (SSSR count). The van der Waals surface area contributed by atoms with Crippen molar-refractivity contribution < 1.29 is 19.4 Å². The predicted molar refractivity (Wildman–Crippen MR) is 80.9 cm³/mol. The third-order valence-electron chi connectivity index (χ3n) is 4.03. The van der Waals surface area contributed by atoms with E-state index in [1.165, 1.54) is 19.3 Å². The maximum absolute atomic E-state index is 11.0. The smallest absolute Gasteiger partial charge is 0.339 e. The van der Waals surface area contributed by atoms with Crippen LogP contribution in [-0.4, -0.2) is 30.4 Å². The van der Waals surface area contributed by atoms with E-state index in [4.69, 9.17) is 14.6 Å². The van der Waals surface area contributed by atoms with Gasteiger partial charge in [0.2, 0.25) is 0 Å². The van der Waals surface area contributed by atoms with Crippen LogP contribution in [0, 0.1) is 5.92 Å². The number of carbonyl (C=O) groups is 1. The van der Waals surface area contributed by atoms with E-state index in [1.54, 1.807) is 24.3 Å². The standard InChI is InChI=1S/C17H24O4/c1-13-7-2-4-9-15(13)20-11-6-12-21-16-10-5-3-8-14(16)17(18)19/h3,5,8,10,13,15H,2,4,6-7,9,11-12H2,1H3,(H,18,19). The van der Waals surface area contributed by atoms with Crippen molar-refractivity contribution in [1.82, 2.24) is 0 Å². The lowest BCUT2D eigenvalue weighted by molar-refractivity contribution is -0.00915. The summed E-state index contributed by atoms with van der Waals surface area (Å²) >= 11 is 0. The van der Waals surface area contributed by atoms with Crippen LogP contribution in [0.3, 0.4) is 0 Å². The summed E-state index contributed by atoms with van der Waals surface area (Å²) in [7, 11) is 0. The molecule has 2 unspecified atom stereocenters. The summed E-state index contributed by atoms with van der Waals surface area (Å²) in [6, 6.07) is 6.72. The van der Waals surface area contributed by atoms with Crippen LogP contribution in [0.5, 0.6) is 5.75 Å². The van der Waals surface area contributed by atoms with Gasteiger partial charge in [0, 0.05) is 6.42 Å². The molecule has 1 fully saturated rings. The lowest BCUT2D eigenvalue weighted by Gasteiger charge is -2.28. The third kappa shape index (κ3) is 4.74. The average molecular weight is 292 g/mol. The SMILES string of the molecule is CC1CCCCC1OCCCOc1ccccc1C(=O)O. The van der Waals surface area contributed by atoms with Crippen molar-refractivity contribution in [2.75, 3.05) is 13.2 Å². The zero-order chi connectivity index (χ0) is 15.1. The average Bonchev–Trinajstić information content (AvgIpc) is 2.49. The summed E-state index contributed by atoms with van der Waals surface area (Å²) in [5.41, 5.74) is 0.208. The number of rotatable bonds is 7. The van der Waals surface area contributed by atoms with Crippen molar-refractivity contribution in [3.8, 4) is 5.75 Å². The molecular weight excluding hydrogens is 268 g/mol. The fourth-order valence-electron chi connectivity index (χ4n) is 2.77. The van der Waals surface area contributed by atoms with E-state index in [9.17, 15) is 4.79 Å². The predicted octanol–water partition coefficient (Wildman–Crippen LogP) is 3.75. The Balaban J connectivity index is 1.69. The number of aromatic carboxylic acids is 1. The number of para-hydroxylation sites is 1. The van der Waals surface area contributed by atoms with Crippen molar-refractivity contribution in [2.45, 2.75) is 45.1 Å². The minimum Gasteiger partial charge on any atom is -0.493 e. The van der Waals surface area contributed by atoms with E-state index in [2.05, 4.69) is 6.92 Å². The van der Waals surface area contributed by atoms with E-state index in [0.717, 1.165) is 12.8 Å². The van der Waals surface area contributed by atoms with Crippen molar-refractivity contribution in [3.05, 3.63) is 29.8 Å². The quantitative estimate of drug-likeness (QED) is 0.778. The molecule has 0 bridgehead atoms. The molecule has 1 aliphatic rings. The monoisotopic (exact) mass is 292 g/mol. The van der Waals surface area contributed by atoms with Crippen molar-refractivity contribution in [2.24, 2.45) is 5.92 Å². The Morgan fingerprint density at radius 2 is 2.00 bits per heavy atom. The Hall–Kier alpha value is -1.55. The number of carboxylic acids is 1. The van der Waals surface area contributed by atoms with Crippen LogP contribution in [0.25, 0.3) is 0 Å². The molecule has 21 heavy (non-hydrogen) atoms. The van der Waals surface area contributed by atoms with E-state index in [0.29, 0.717) is 31.0 Å². The maximum Gasteiger partial charge on any atom is 0.339 e. The highest BCUT2D eigenvalue weighted by Gasteiger charge is 2.21. The fraction of sp³-hybridized carbons (Fsp3) is 0.588. The first-order valence-corrected chi connectivity index (χ1v) is 7.75. The number of ether oxygens (including phenoxy) is 2. The Morgan fingerprint density at radius 1 is 1.24 bits per heavy atom. The molecule has 116 valence electrons. The third-order valence-corrected chi connectivity index (χ3v) is 4.03. The van der Waals surface area contributed by atoms with E-state index in [1.807, 2.05) is 0 Å². The van der Waals surface area contributed by atoms with Crippen LogP contribution in [0.15, 0.2) is 24.3 Å². The van der Waals surface area contributed by atoms with Gasteiger partial charge in [-0.3, -0.25) is 0 Å². The van der Waals surface area contributed by atoms with Gasteiger partial charge in [-0.2, -0.15) is 0 Å². The molecule has 0 aromatic heterocycles. The van der Waals surface area contributed by atoms with Gasteiger partial charge in [-0.05, 0) is 30.9 Å². The summed E-state index contributed by atoms with van der Waals surface area (Å²) in [6.45, 7) is 3.40. The number of carboxylic acid groups (broad SMARTS) is 1.